The molecule has 0 saturated carbocycles. The summed E-state index contributed by atoms with van der Waals surface area (Å²) in [4.78, 5) is 6.99. The van der Waals surface area contributed by atoms with E-state index in [1.807, 2.05) is 6.92 Å². The summed E-state index contributed by atoms with van der Waals surface area (Å²) in [5, 5.41) is 0. The van der Waals surface area contributed by atoms with E-state index in [0.717, 1.165) is 6.54 Å². The maximum absolute atomic E-state index is 5.00. The summed E-state index contributed by atoms with van der Waals surface area (Å²) in [6.07, 6.45) is 3.79. The van der Waals surface area contributed by atoms with Crippen molar-refractivity contribution in [1.29, 1.82) is 0 Å². The van der Waals surface area contributed by atoms with Gasteiger partial charge in [0.1, 0.15) is 6.10 Å². The second-order valence-corrected chi connectivity index (χ2v) is 3.91. The van der Waals surface area contributed by atoms with Gasteiger partial charge in [-0.2, -0.15) is 0 Å². The standard InChI is InChI=1S/C11H20N2O/c1-10-6-3-4-8-13(10)9-5-7-11(2)14-12/h10-11H,3-4,6,8-9,12H2,1-2H3/t10-,11-/m0/s1. The summed E-state index contributed by atoms with van der Waals surface area (Å²) in [5.74, 6) is 11.1. The smallest absolute Gasteiger partial charge is 0.136 e. The number of nitrogens with two attached hydrogens (primary N) is 1. The molecular weight excluding hydrogens is 176 g/mol. The minimum Gasteiger partial charge on any atom is -0.290 e. The first kappa shape index (κ1) is 11.5. The SMILES string of the molecule is C[C@@H](C#CCN1CCCC[C@@H]1C)ON. The van der Waals surface area contributed by atoms with E-state index in [-0.39, 0.29) is 6.10 Å². The first-order valence-electron chi connectivity index (χ1n) is 5.32. The minimum atomic E-state index is -0.157. The van der Waals surface area contributed by atoms with Gasteiger partial charge >= 0.3 is 0 Å². The lowest BCUT2D eigenvalue weighted by atomic mass is 10.0. The molecular formula is C11H20N2O. The summed E-state index contributed by atoms with van der Waals surface area (Å²) < 4.78 is 0. The molecule has 1 rings (SSSR count). The quantitative estimate of drug-likeness (QED) is 0.532. The van der Waals surface area contributed by atoms with Crippen LogP contribution in [0, 0.1) is 11.8 Å². The van der Waals surface area contributed by atoms with E-state index in [0.29, 0.717) is 6.04 Å². The molecule has 0 aromatic carbocycles. The maximum atomic E-state index is 5.00. The Hall–Kier alpha value is -0.560. The molecule has 0 radical (unpaired) electrons. The van der Waals surface area contributed by atoms with Crippen molar-refractivity contribution in [2.24, 2.45) is 5.90 Å². The van der Waals surface area contributed by atoms with Crippen LogP contribution >= 0.6 is 0 Å². The molecule has 1 aliphatic heterocycles. The van der Waals surface area contributed by atoms with Crippen molar-refractivity contribution in [1.82, 2.24) is 4.90 Å². The summed E-state index contributed by atoms with van der Waals surface area (Å²) >= 11 is 0. The molecule has 2 atom stereocenters. The van der Waals surface area contributed by atoms with E-state index in [1.165, 1.54) is 25.8 Å². The summed E-state index contributed by atoms with van der Waals surface area (Å²) in [6, 6.07) is 0.673. The fourth-order valence-corrected chi connectivity index (χ4v) is 1.72. The zero-order chi connectivity index (χ0) is 10.4. The molecule has 3 nitrogen and oxygen atoms in total. The first-order chi connectivity index (χ1) is 6.74. The van der Waals surface area contributed by atoms with Gasteiger partial charge in [0.2, 0.25) is 0 Å². The van der Waals surface area contributed by atoms with Gasteiger partial charge in [-0.25, -0.2) is 5.90 Å². The van der Waals surface area contributed by atoms with Crippen LogP contribution in [0.15, 0.2) is 0 Å². The van der Waals surface area contributed by atoms with Crippen molar-refractivity contribution in [2.75, 3.05) is 13.1 Å². The van der Waals surface area contributed by atoms with Crippen LogP contribution < -0.4 is 5.90 Å². The van der Waals surface area contributed by atoms with Crippen molar-refractivity contribution in [3.63, 3.8) is 0 Å². The average molecular weight is 196 g/mol. The second-order valence-electron chi connectivity index (χ2n) is 3.91. The highest BCUT2D eigenvalue weighted by atomic mass is 16.6. The van der Waals surface area contributed by atoms with Crippen LogP contribution in [0.1, 0.15) is 33.1 Å². The van der Waals surface area contributed by atoms with Crippen molar-refractivity contribution in [2.45, 2.75) is 45.3 Å². The van der Waals surface area contributed by atoms with Crippen LogP contribution in [0.3, 0.4) is 0 Å². The molecule has 0 aliphatic carbocycles. The summed E-state index contributed by atoms with van der Waals surface area (Å²) in [6.45, 7) is 6.14. The molecule has 1 heterocycles. The maximum Gasteiger partial charge on any atom is 0.136 e. The number of hydrogen-bond acceptors (Lipinski definition) is 3. The van der Waals surface area contributed by atoms with E-state index in [2.05, 4.69) is 28.5 Å². The van der Waals surface area contributed by atoms with Gasteiger partial charge < -0.3 is 0 Å². The highest BCUT2D eigenvalue weighted by Crippen LogP contribution is 2.15. The van der Waals surface area contributed by atoms with Crippen LogP contribution in [-0.4, -0.2) is 30.1 Å². The molecule has 2 N–H and O–H groups in total. The molecule has 1 fully saturated rings. The van der Waals surface area contributed by atoms with E-state index in [1.54, 1.807) is 0 Å². The fraction of sp³-hybridized carbons (Fsp3) is 0.818. The lowest BCUT2D eigenvalue weighted by Gasteiger charge is -2.31. The predicted molar refractivity (Wildman–Crippen MR) is 57.4 cm³/mol. The van der Waals surface area contributed by atoms with Gasteiger partial charge in [-0.3, -0.25) is 9.74 Å². The highest BCUT2D eigenvalue weighted by molar-refractivity contribution is 5.06. The van der Waals surface area contributed by atoms with Gasteiger partial charge in [0.05, 0.1) is 6.54 Å². The molecule has 3 heteroatoms. The molecule has 1 aliphatic rings. The second kappa shape index (κ2) is 6.02. The van der Waals surface area contributed by atoms with Crippen molar-refractivity contribution in [3.05, 3.63) is 0 Å². The monoisotopic (exact) mass is 196 g/mol. The zero-order valence-corrected chi connectivity index (χ0v) is 9.12. The Labute approximate surface area is 86.5 Å². The molecule has 0 bridgehead atoms. The Bertz CT molecular complexity index is 219. The first-order valence-corrected chi connectivity index (χ1v) is 5.32. The molecule has 80 valence electrons. The van der Waals surface area contributed by atoms with Crippen molar-refractivity contribution >= 4 is 0 Å². The van der Waals surface area contributed by atoms with E-state index >= 15 is 0 Å². The largest absolute Gasteiger partial charge is 0.290 e. The molecule has 0 aromatic heterocycles. The number of likely N-dealkylation sites (tertiary alicyclic amines) is 1. The van der Waals surface area contributed by atoms with Gasteiger partial charge in [0, 0.05) is 6.04 Å². The Morgan fingerprint density at radius 1 is 1.57 bits per heavy atom. The topological polar surface area (TPSA) is 38.5 Å². The molecule has 0 unspecified atom stereocenters. The molecule has 0 aromatic rings. The lowest BCUT2D eigenvalue weighted by molar-refractivity contribution is 0.105. The van der Waals surface area contributed by atoms with Gasteiger partial charge in [-0.15, -0.1) is 0 Å². The van der Waals surface area contributed by atoms with E-state index in [4.69, 9.17) is 5.90 Å². The van der Waals surface area contributed by atoms with Crippen LogP contribution in [-0.2, 0) is 4.84 Å². The molecule has 1 saturated heterocycles. The van der Waals surface area contributed by atoms with E-state index in [9.17, 15) is 0 Å². The molecule has 0 spiro atoms. The molecule has 0 amide bonds. The van der Waals surface area contributed by atoms with Gasteiger partial charge in [0.25, 0.3) is 0 Å². The number of rotatable bonds is 2. The van der Waals surface area contributed by atoms with E-state index < -0.39 is 0 Å². The highest BCUT2D eigenvalue weighted by Gasteiger charge is 2.16. The zero-order valence-electron chi connectivity index (χ0n) is 9.12. The van der Waals surface area contributed by atoms with Crippen LogP contribution in [0.4, 0.5) is 0 Å². The average Bonchev–Trinajstić information content (AvgIpc) is 2.20. The fourth-order valence-electron chi connectivity index (χ4n) is 1.72. The number of hydrogen-bond donors (Lipinski definition) is 1. The van der Waals surface area contributed by atoms with Crippen LogP contribution in [0.2, 0.25) is 0 Å². The third-order valence-corrected chi connectivity index (χ3v) is 2.73. The van der Waals surface area contributed by atoms with Gasteiger partial charge in [0.15, 0.2) is 0 Å². The van der Waals surface area contributed by atoms with Crippen molar-refractivity contribution in [3.8, 4) is 11.8 Å². The third-order valence-electron chi connectivity index (χ3n) is 2.73. The Balaban J connectivity index is 2.30. The van der Waals surface area contributed by atoms with Gasteiger partial charge in [-0.05, 0) is 33.2 Å². The summed E-state index contributed by atoms with van der Waals surface area (Å²) in [7, 11) is 0. The Kier molecular flexibility index (Phi) is 4.95. The Morgan fingerprint density at radius 2 is 2.36 bits per heavy atom. The normalized spacial score (nSPS) is 25.2. The van der Waals surface area contributed by atoms with Crippen LogP contribution in [0.5, 0.6) is 0 Å². The predicted octanol–water partition coefficient (Wildman–Crippen LogP) is 1.14. The molecule has 14 heavy (non-hydrogen) atoms. The summed E-state index contributed by atoms with van der Waals surface area (Å²) in [5.41, 5.74) is 0. The third kappa shape index (κ3) is 3.67. The minimum absolute atomic E-state index is 0.157. The van der Waals surface area contributed by atoms with Crippen molar-refractivity contribution < 1.29 is 4.84 Å². The Morgan fingerprint density at radius 3 is 3.00 bits per heavy atom. The van der Waals surface area contributed by atoms with Gasteiger partial charge in [-0.1, -0.05) is 18.3 Å². The lowest BCUT2D eigenvalue weighted by Crippen LogP contribution is -2.37. The number of piperidine rings is 1. The number of nitrogens with zero attached hydrogens (tertiary/aromatic N) is 1. The van der Waals surface area contributed by atoms with Crippen LogP contribution in [0.25, 0.3) is 0 Å².